The van der Waals surface area contributed by atoms with E-state index in [9.17, 15) is 18.0 Å². The van der Waals surface area contributed by atoms with Crippen LogP contribution >= 0.6 is 23.2 Å². The van der Waals surface area contributed by atoms with E-state index in [1.54, 1.807) is 43.5 Å². The first-order valence-corrected chi connectivity index (χ1v) is 13.5. The summed E-state index contributed by atoms with van der Waals surface area (Å²) in [6.07, 6.45) is 0.628. The molecule has 0 radical (unpaired) electrons. The quantitative estimate of drug-likeness (QED) is 0.323. The number of para-hydroxylation sites is 1. The van der Waals surface area contributed by atoms with Gasteiger partial charge < -0.3 is 15.4 Å². The van der Waals surface area contributed by atoms with E-state index in [0.717, 1.165) is 9.87 Å². The molecule has 0 heterocycles. The molecule has 0 spiro atoms. The second kappa shape index (κ2) is 12.9. The molecule has 3 aromatic rings. The van der Waals surface area contributed by atoms with Crippen LogP contribution in [0.1, 0.15) is 22.3 Å². The van der Waals surface area contributed by atoms with Crippen LogP contribution in [-0.2, 0) is 19.6 Å². The molecule has 0 saturated heterocycles. The first kappa shape index (κ1) is 28.5. The van der Waals surface area contributed by atoms with E-state index in [0.29, 0.717) is 19.6 Å². The van der Waals surface area contributed by atoms with Crippen LogP contribution in [0.2, 0.25) is 10.0 Å². The van der Waals surface area contributed by atoms with Gasteiger partial charge in [0.1, 0.15) is 6.54 Å². The maximum Gasteiger partial charge on any atom is 0.264 e. The number of benzene rings is 3. The molecule has 11 heteroatoms. The van der Waals surface area contributed by atoms with Gasteiger partial charge in [-0.05, 0) is 55.8 Å². The third-order valence-corrected chi connectivity index (χ3v) is 7.66. The van der Waals surface area contributed by atoms with E-state index in [1.807, 2.05) is 6.92 Å². The Morgan fingerprint density at radius 3 is 2.41 bits per heavy atom. The Morgan fingerprint density at radius 1 is 1.00 bits per heavy atom. The number of nitrogens with one attached hydrogen (secondary N) is 2. The number of nitrogens with zero attached hydrogens (tertiary/aromatic N) is 1. The molecule has 0 aromatic heterocycles. The molecular formula is C26H27Cl2N3O5S. The van der Waals surface area contributed by atoms with Crippen molar-refractivity contribution in [3.63, 3.8) is 0 Å². The lowest BCUT2D eigenvalue weighted by Crippen LogP contribution is -2.38. The van der Waals surface area contributed by atoms with Crippen molar-refractivity contribution in [3.8, 4) is 0 Å². The van der Waals surface area contributed by atoms with Crippen molar-refractivity contribution in [2.45, 2.75) is 18.2 Å². The number of rotatable bonds is 11. The number of halogens is 2. The zero-order valence-corrected chi connectivity index (χ0v) is 22.7. The molecule has 0 fully saturated rings. The molecular weight excluding hydrogens is 537 g/mol. The number of amides is 2. The first-order chi connectivity index (χ1) is 17.6. The van der Waals surface area contributed by atoms with Gasteiger partial charge in [-0.15, -0.1) is 0 Å². The highest BCUT2D eigenvalue weighted by atomic mass is 35.5. The highest BCUT2D eigenvalue weighted by Gasteiger charge is 2.29. The van der Waals surface area contributed by atoms with E-state index in [1.165, 1.54) is 30.3 Å². The van der Waals surface area contributed by atoms with E-state index >= 15 is 0 Å². The lowest BCUT2D eigenvalue weighted by molar-refractivity contribution is -0.114. The predicted molar refractivity (Wildman–Crippen MR) is 146 cm³/mol. The molecule has 0 saturated carbocycles. The summed E-state index contributed by atoms with van der Waals surface area (Å²) in [5.41, 5.74) is 1.40. The average Bonchev–Trinajstić information content (AvgIpc) is 2.87. The van der Waals surface area contributed by atoms with Crippen LogP contribution in [0, 0.1) is 6.92 Å². The Hall–Kier alpha value is -3.11. The van der Waals surface area contributed by atoms with Gasteiger partial charge in [0.2, 0.25) is 5.91 Å². The highest BCUT2D eigenvalue weighted by molar-refractivity contribution is 7.92. The number of methoxy groups -OCH3 is 1. The monoisotopic (exact) mass is 563 g/mol. The lowest BCUT2D eigenvalue weighted by atomic mass is 10.1. The predicted octanol–water partition coefficient (Wildman–Crippen LogP) is 4.90. The second-order valence-electron chi connectivity index (χ2n) is 8.12. The Labute approximate surface area is 226 Å². The van der Waals surface area contributed by atoms with Gasteiger partial charge in [0, 0.05) is 25.3 Å². The van der Waals surface area contributed by atoms with Crippen LogP contribution in [0.15, 0.2) is 71.6 Å². The van der Waals surface area contributed by atoms with Crippen LogP contribution in [0.25, 0.3) is 0 Å². The van der Waals surface area contributed by atoms with E-state index in [4.69, 9.17) is 27.9 Å². The van der Waals surface area contributed by atoms with Crippen molar-refractivity contribution < 1.29 is 22.7 Å². The highest BCUT2D eigenvalue weighted by Crippen LogP contribution is 2.33. The average molecular weight is 564 g/mol. The van der Waals surface area contributed by atoms with Gasteiger partial charge in [-0.1, -0.05) is 53.0 Å². The van der Waals surface area contributed by atoms with Gasteiger partial charge in [0.15, 0.2) is 0 Å². The first-order valence-electron chi connectivity index (χ1n) is 11.3. The second-order valence-corrected chi connectivity index (χ2v) is 10.8. The van der Waals surface area contributed by atoms with Gasteiger partial charge in [-0.25, -0.2) is 8.42 Å². The third-order valence-electron chi connectivity index (χ3n) is 5.33. The molecule has 8 nitrogen and oxygen atoms in total. The molecule has 3 aromatic carbocycles. The number of aryl methyl sites for hydroxylation is 1. The van der Waals surface area contributed by atoms with Crippen molar-refractivity contribution in [2.75, 3.05) is 36.4 Å². The van der Waals surface area contributed by atoms with E-state index in [-0.39, 0.29) is 37.8 Å². The molecule has 0 unspecified atom stereocenters. The summed E-state index contributed by atoms with van der Waals surface area (Å²) in [5.74, 6) is -1.06. The number of hydrogen-bond donors (Lipinski definition) is 2. The minimum atomic E-state index is -4.20. The molecule has 0 aliphatic rings. The normalized spacial score (nSPS) is 11.1. The van der Waals surface area contributed by atoms with Crippen LogP contribution in [0.5, 0.6) is 0 Å². The zero-order chi connectivity index (χ0) is 27.0. The number of sulfonamides is 1. The molecule has 0 bridgehead atoms. The van der Waals surface area contributed by atoms with Crippen LogP contribution in [-0.4, -0.2) is 47.0 Å². The molecule has 0 aliphatic heterocycles. The summed E-state index contributed by atoms with van der Waals surface area (Å²) < 4.78 is 33.1. The standard InChI is InChI=1S/C26H27Cl2N3O5S/c1-18-8-11-20(12-9-18)37(34,35)31(24-16-19(27)10-13-22(24)28)17-25(32)30-23-7-4-3-6-21(23)26(33)29-14-5-15-36-2/h3-4,6-13,16H,5,14-15,17H2,1-2H3,(H,29,33)(H,30,32). The third kappa shape index (κ3) is 7.45. The fourth-order valence-corrected chi connectivity index (χ4v) is 5.31. The fourth-order valence-electron chi connectivity index (χ4n) is 3.44. The van der Waals surface area contributed by atoms with E-state index < -0.39 is 22.5 Å². The van der Waals surface area contributed by atoms with Crippen LogP contribution in [0.3, 0.4) is 0 Å². The summed E-state index contributed by atoms with van der Waals surface area (Å²) in [7, 11) is -2.63. The molecule has 0 aliphatic carbocycles. The van der Waals surface area contributed by atoms with E-state index in [2.05, 4.69) is 10.6 Å². The summed E-state index contributed by atoms with van der Waals surface area (Å²) >= 11 is 12.5. The largest absolute Gasteiger partial charge is 0.385 e. The van der Waals surface area contributed by atoms with Gasteiger partial charge in [0.25, 0.3) is 15.9 Å². The smallest absolute Gasteiger partial charge is 0.264 e. The summed E-state index contributed by atoms with van der Waals surface area (Å²) in [5, 5.41) is 5.77. The minimum absolute atomic E-state index is 0.0159. The number of ether oxygens (including phenoxy) is 1. The van der Waals surface area contributed by atoms with Crippen LogP contribution < -0.4 is 14.9 Å². The van der Waals surface area contributed by atoms with Crippen molar-refractivity contribution >= 4 is 56.4 Å². The Bertz CT molecular complexity index is 1360. The van der Waals surface area contributed by atoms with Gasteiger partial charge in [-0.3, -0.25) is 13.9 Å². The number of carbonyl (C=O) groups excluding carboxylic acids is 2. The molecule has 37 heavy (non-hydrogen) atoms. The summed E-state index contributed by atoms with van der Waals surface area (Å²) in [6.45, 7) is 2.11. The maximum absolute atomic E-state index is 13.6. The molecule has 0 atom stereocenters. The number of anilines is 2. The van der Waals surface area contributed by atoms with Gasteiger partial charge in [-0.2, -0.15) is 0 Å². The van der Waals surface area contributed by atoms with Crippen molar-refractivity contribution in [1.82, 2.24) is 5.32 Å². The topological polar surface area (TPSA) is 105 Å². The molecule has 196 valence electrons. The number of hydrogen-bond acceptors (Lipinski definition) is 5. The van der Waals surface area contributed by atoms with Crippen LogP contribution in [0.4, 0.5) is 11.4 Å². The number of carbonyl (C=O) groups is 2. The lowest BCUT2D eigenvalue weighted by Gasteiger charge is -2.25. The Morgan fingerprint density at radius 2 is 1.70 bits per heavy atom. The molecule has 3 rings (SSSR count). The van der Waals surface area contributed by atoms with Gasteiger partial charge >= 0.3 is 0 Å². The van der Waals surface area contributed by atoms with Crippen molar-refractivity contribution in [2.24, 2.45) is 0 Å². The summed E-state index contributed by atoms with van der Waals surface area (Å²) in [6, 6.07) is 17.0. The van der Waals surface area contributed by atoms with Crippen molar-refractivity contribution in [1.29, 1.82) is 0 Å². The zero-order valence-electron chi connectivity index (χ0n) is 20.3. The fraction of sp³-hybridized carbons (Fsp3) is 0.231. The SMILES string of the molecule is COCCCNC(=O)c1ccccc1NC(=O)CN(c1cc(Cl)ccc1Cl)S(=O)(=O)c1ccc(C)cc1. The van der Waals surface area contributed by atoms with Crippen molar-refractivity contribution in [3.05, 3.63) is 87.9 Å². The summed E-state index contributed by atoms with van der Waals surface area (Å²) in [4.78, 5) is 25.8. The molecule has 2 N–H and O–H groups in total. The van der Waals surface area contributed by atoms with Gasteiger partial charge in [0.05, 0.1) is 26.9 Å². The Kier molecular flexibility index (Phi) is 9.93. The maximum atomic E-state index is 13.6. The minimum Gasteiger partial charge on any atom is -0.385 e. The molecule has 2 amide bonds. The Balaban J connectivity index is 1.90.